The van der Waals surface area contributed by atoms with Gasteiger partial charge in [0.15, 0.2) is 0 Å². The lowest BCUT2D eigenvalue weighted by molar-refractivity contribution is -0.121. The van der Waals surface area contributed by atoms with Crippen LogP contribution < -0.4 is 5.32 Å². The van der Waals surface area contributed by atoms with Gasteiger partial charge in [-0.25, -0.2) is 0 Å². The van der Waals surface area contributed by atoms with Gasteiger partial charge in [-0.3, -0.25) is 9.69 Å². The predicted octanol–water partition coefficient (Wildman–Crippen LogP) is 3.97. The Morgan fingerprint density at radius 1 is 1.19 bits per heavy atom. The van der Waals surface area contributed by atoms with E-state index in [0.717, 1.165) is 38.9 Å². The minimum atomic E-state index is 0.242. The Balaban J connectivity index is 1.29. The summed E-state index contributed by atoms with van der Waals surface area (Å²) in [5, 5.41) is 3.18. The number of nitrogens with one attached hydrogen (secondary N) is 1. The monoisotopic (exact) mass is 364 g/mol. The summed E-state index contributed by atoms with van der Waals surface area (Å²) in [6, 6.07) is 11.4. The molecule has 1 saturated heterocycles. The Kier molecular flexibility index (Phi) is 4.31. The molecule has 4 heteroatoms. The molecule has 1 aromatic heterocycles. The number of benzene rings is 1. The van der Waals surface area contributed by atoms with Gasteiger partial charge in [0.1, 0.15) is 0 Å². The third kappa shape index (κ3) is 3.43. The minimum absolute atomic E-state index is 0.242. The summed E-state index contributed by atoms with van der Waals surface area (Å²) in [4.78, 5) is 15.0. The number of fused-ring (bicyclic) bond motifs is 2. The van der Waals surface area contributed by atoms with Crippen LogP contribution in [-0.2, 0) is 16.8 Å². The van der Waals surface area contributed by atoms with Crippen molar-refractivity contribution in [1.82, 2.24) is 10.2 Å². The van der Waals surface area contributed by atoms with Gasteiger partial charge in [-0.05, 0) is 73.7 Å². The van der Waals surface area contributed by atoms with Gasteiger partial charge in [0, 0.05) is 24.6 Å². The van der Waals surface area contributed by atoms with Crippen molar-refractivity contribution < 1.29 is 9.21 Å². The van der Waals surface area contributed by atoms with E-state index in [1.165, 1.54) is 29.5 Å². The summed E-state index contributed by atoms with van der Waals surface area (Å²) in [5.74, 6) is 0.618. The standard InChI is InChI=1S/C23H28N2O2/c26-22(24-19-5-6-19)13-18-14-23(21-4-2-1-3-20(18)21)8-10-25(11-9-23)15-17-7-12-27-16-17/h1-4,7,12,16,18-19H,5-6,8-11,13-15H2,(H,24,26)/t18-/m1/s1. The summed E-state index contributed by atoms with van der Waals surface area (Å²) in [6.07, 6.45) is 10.1. The molecule has 4 nitrogen and oxygen atoms in total. The first-order valence-electron chi connectivity index (χ1n) is 10.3. The summed E-state index contributed by atoms with van der Waals surface area (Å²) in [6.45, 7) is 3.20. The number of hydrogen-bond acceptors (Lipinski definition) is 3. The van der Waals surface area contributed by atoms with E-state index in [4.69, 9.17) is 4.42 Å². The third-order valence-electron chi connectivity index (χ3n) is 6.78. The largest absolute Gasteiger partial charge is 0.472 e. The molecule has 3 aliphatic rings. The number of nitrogens with zero attached hydrogens (tertiary/aromatic N) is 1. The Morgan fingerprint density at radius 3 is 2.74 bits per heavy atom. The topological polar surface area (TPSA) is 45.5 Å². The number of piperidine rings is 1. The molecule has 2 aromatic rings. The highest BCUT2D eigenvalue weighted by molar-refractivity contribution is 5.78. The van der Waals surface area contributed by atoms with Crippen molar-refractivity contribution >= 4 is 5.91 Å². The number of furan rings is 1. The number of carbonyl (C=O) groups is 1. The van der Waals surface area contributed by atoms with Crippen LogP contribution in [0.5, 0.6) is 0 Å². The predicted molar refractivity (Wildman–Crippen MR) is 104 cm³/mol. The molecule has 1 spiro atoms. The molecule has 1 saturated carbocycles. The normalized spacial score (nSPS) is 24.1. The van der Waals surface area contributed by atoms with Crippen LogP contribution in [0.15, 0.2) is 47.3 Å². The molecule has 2 aliphatic carbocycles. The van der Waals surface area contributed by atoms with Crippen molar-refractivity contribution in [2.75, 3.05) is 13.1 Å². The zero-order valence-corrected chi connectivity index (χ0v) is 15.8. The molecule has 2 fully saturated rings. The van der Waals surface area contributed by atoms with Gasteiger partial charge in [0.25, 0.3) is 0 Å². The highest BCUT2D eigenvalue weighted by Crippen LogP contribution is 2.52. The van der Waals surface area contributed by atoms with Crippen LogP contribution >= 0.6 is 0 Å². The summed E-state index contributed by atoms with van der Waals surface area (Å²) >= 11 is 0. The van der Waals surface area contributed by atoms with Gasteiger partial charge in [0.2, 0.25) is 5.91 Å². The molecule has 1 N–H and O–H groups in total. The summed E-state index contributed by atoms with van der Waals surface area (Å²) in [5.41, 5.74) is 4.45. The molecule has 1 aromatic carbocycles. The molecule has 0 radical (unpaired) electrons. The Hall–Kier alpha value is -2.07. The SMILES string of the molecule is O=C(C[C@@H]1CC2(CCN(Cc3ccoc3)CC2)c2ccccc21)NC1CC1. The molecule has 5 rings (SSSR count). The van der Waals surface area contributed by atoms with Crippen LogP contribution in [0.3, 0.4) is 0 Å². The van der Waals surface area contributed by atoms with Gasteiger partial charge in [-0.15, -0.1) is 0 Å². The van der Waals surface area contributed by atoms with E-state index in [9.17, 15) is 4.79 Å². The van der Waals surface area contributed by atoms with Crippen LogP contribution in [0.4, 0.5) is 0 Å². The van der Waals surface area contributed by atoms with E-state index in [1.807, 2.05) is 6.26 Å². The first-order chi connectivity index (χ1) is 13.2. The van der Waals surface area contributed by atoms with Crippen molar-refractivity contribution in [1.29, 1.82) is 0 Å². The summed E-state index contributed by atoms with van der Waals surface area (Å²) < 4.78 is 5.21. The second-order valence-corrected chi connectivity index (χ2v) is 8.72. The Bertz CT molecular complexity index is 802. The first-order valence-corrected chi connectivity index (χ1v) is 10.3. The van der Waals surface area contributed by atoms with Gasteiger partial charge in [-0.2, -0.15) is 0 Å². The molecule has 0 bridgehead atoms. The quantitative estimate of drug-likeness (QED) is 0.873. The number of amides is 1. The zero-order chi connectivity index (χ0) is 18.3. The van der Waals surface area contributed by atoms with Crippen molar-refractivity contribution in [2.45, 2.75) is 62.4 Å². The zero-order valence-electron chi connectivity index (χ0n) is 15.8. The molecule has 27 heavy (non-hydrogen) atoms. The van der Waals surface area contributed by atoms with E-state index in [1.54, 1.807) is 6.26 Å². The fourth-order valence-electron chi connectivity index (χ4n) is 5.20. The van der Waals surface area contributed by atoms with Gasteiger partial charge in [0.05, 0.1) is 12.5 Å². The number of likely N-dealkylation sites (tertiary alicyclic amines) is 1. The van der Waals surface area contributed by atoms with Crippen LogP contribution in [-0.4, -0.2) is 29.9 Å². The van der Waals surface area contributed by atoms with Crippen LogP contribution in [0.25, 0.3) is 0 Å². The fourth-order valence-corrected chi connectivity index (χ4v) is 5.20. The van der Waals surface area contributed by atoms with Crippen LogP contribution in [0.2, 0.25) is 0 Å². The van der Waals surface area contributed by atoms with E-state index >= 15 is 0 Å². The van der Waals surface area contributed by atoms with Crippen LogP contribution in [0, 0.1) is 0 Å². The smallest absolute Gasteiger partial charge is 0.220 e. The number of hydrogen-bond donors (Lipinski definition) is 1. The molecule has 1 amide bonds. The maximum Gasteiger partial charge on any atom is 0.220 e. The molecule has 2 heterocycles. The molecule has 1 aliphatic heterocycles. The van der Waals surface area contributed by atoms with Crippen molar-refractivity contribution in [3.05, 3.63) is 59.5 Å². The van der Waals surface area contributed by atoms with Crippen molar-refractivity contribution in [3.8, 4) is 0 Å². The lowest BCUT2D eigenvalue weighted by atomic mass is 9.73. The maximum atomic E-state index is 12.4. The van der Waals surface area contributed by atoms with Crippen molar-refractivity contribution in [3.63, 3.8) is 0 Å². The average molecular weight is 364 g/mol. The average Bonchev–Trinajstić information content (AvgIpc) is 3.24. The fraction of sp³-hybridized carbons (Fsp3) is 0.522. The van der Waals surface area contributed by atoms with E-state index in [-0.39, 0.29) is 11.3 Å². The Labute approximate surface area is 160 Å². The lowest BCUT2D eigenvalue weighted by Crippen LogP contribution is -2.41. The van der Waals surface area contributed by atoms with Crippen LogP contribution in [0.1, 0.15) is 61.1 Å². The van der Waals surface area contributed by atoms with E-state index < -0.39 is 0 Å². The lowest BCUT2D eigenvalue weighted by Gasteiger charge is -2.40. The van der Waals surface area contributed by atoms with Gasteiger partial charge in [-0.1, -0.05) is 24.3 Å². The highest BCUT2D eigenvalue weighted by atomic mass is 16.3. The number of rotatable bonds is 5. The van der Waals surface area contributed by atoms with Gasteiger partial charge < -0.3 is 9.73 Å². The Morgan fingerprint density at radius 2 is 2.00 bits per heavy atom. The van der Waals surface area contributed by atoms with E-state index in [2.05, 4.69) is 40.5 Å². The molecule has 142 valence electrons. The van der Waals surface area contributed by atoms with E-state index in [0.29, 0.717) is 18.4 Å². The first kappa shape index (κ1) is 17.1. The van der Waals surface area contributed by atoms with Crippen molar-refractivity contribution in [2.24, 2.45) is 0 Å². The minimum Gasteiger partial charge on any atom is -0.472 e. The molecule has 0 unspecified atom stereocenters. The maximum absolute atomic E-state index is 12.4. The second kappa shape index (κ2) is 6.83. The highest BCUT2D eigenvalue weighted by Gasteiger charge is 2.45. The second-order valence-electron chi connectivity index (χ2n) is 8.72. The third-order valence-corrected chi connectivity index (χ3v) is 6.78. The summed E-state index contributed by atoms with van der Waals surface area (Å²) in [7, 11) is 0. The number of carbonyl (C=O) groups excluding carboxylic acids is 1. The molecular formula is C23H28N2O2. The molecule has 1 atom stereocenters. The van der Waals surface area contributed by atoms with Gasteiger partial charge >= 0.3 is 0 Å². The molecular weight excluding hydrogens is 336 g/mol.